The number of aryl methyl sites for hydroxylation is 1. The van der Waals surface area contributed by atoms with E-state index >= 15 is 0 Å². The van der Waals surface area contributed by atoms with E-state index in [0.717, 1.165) is 13.0 Å². The Balaban J connectivity index is 2.68. The predicted octanol–water partition coefficient (Wildman–Crippen LogP) is 3.21. The third-order valence-electron chi connectivity index (χ3n) is 3.19. The summed E-state index contributed by atoms with van der Waals surface area (Å²) in [6.07, 6.45) is 1.16. The molecular formula is C15H26N2. The maximum atomic E-state index is 3.52. The Morgan fingerprint density at radius 2 is 2.00 bits per heavy atom. The van der Waals surface area contributed by atoms with E-state index in [1.807, 2.05) is 0 Å². The topological polar surface area (TPSA) is 15.3 Å². The Morgan fingerprint density at radius 3 is 2.53 bits per heavy atom. The summed E-state index contributed by atoms with van der Waals surface area (Å²) in [7, 11) is 2.19. The fraction of sp³-hybridized carbons (Fsp3) is 0.600. The molecule has 1 N–H and O–H groups in total. The number of likely N-dealkylation sites (N-methyl/N-ethyl adjacent to an activating group) is 1. The SMILES string of the molecule is CCC(CNC(C)C)N(C)c1cccc(C)c1. The van der Waals surface area contributed by atoms with Crippen molar-refractivity contribution < 1.29 is 0 Å². The van der Waals surface area contributed by atoms with Gasteiger partial charge in [-0.05, 0) is 31.0 Å². The highest BCUT2D eigenvalue weighted by molar-refractivity contribution is 5.48. The smallest absolute Gasteiger partial charge is 0.0408 e. The molecule has 0 aromatic heterocycles. The second-order valence-electron chi connectivity index (χ2n) is 5.07. The molecule has 0 aliphatic carbocycles. The maximum Gasteiger partial charge on any atom is 0.0408 e. The van der Waals surface area contributed by atoms with Gasteiger partial charge in [-0.1, -0.05) is 32.9 Å². The molecule has 2 nitrogen and oxygen atoms in total. The van der Waals surface area contributed by atoms with Gasteiger partial charge in [-0.2, -0.15) is 0 Å². The van der Waals surface area contributed by atoms with Crippen LogP contribution in [0.4, 0.5) is 5.69 Å². The molecule has 0 fully saturated rings. The first-order chi connectivity index (χ1) is 8.04. The number of hydrogen-bond acceptors (Lipinski definition) is 2. The summed E-state index contributed by atoms with van der Waals surface area (Å²) in [5.74, 6) is 0. The Kier molecular flexibility index (Phi) is 5.49. The molecule has 1 unspecified atom stereocenters. The minimum absolute atomic E-state index is 0.551. The molecule has 0 spiro atoms. The summed E-state index contributed by atoms with van der Waals surface area (Å²) in [5.41, 5.74) is 2.63. The third-order valence-corrected chi connectivity index (χ3v) is 3.19. The second-order valence-corrected chi connectivity index (χ2v) is 5.07. The average molecular weight is 234 g/mol. The van der Waals surface area contributed by atoms with E-state index < -0.39 is 0 Å². The maximum absolute atomic E-state index is 3.52. The number of anilines is 1. The highest BCUT2D eigenvalue weighted by Crippen LogP contribution is 2.17. The van der Waals surface area contributed by atoms with Gasteiger partial charge in [0.2, 0.25) is 0 Å². The molecule has 0 bridgehead atoms. The normalized spacial score (nSPS) is 12.8. The molecule has 1 rings (SSSR count). The molecule has 1 atom stereocenters. The predicted molar refractivity (Wildman–Crippen MR) is 76.8 cm³/mol. The fourth-order valence-corrected chi connectivity index (χ4v) is 1.99. The van der Waals surface area contributed by atoms with E-state index in [4.69, 9.17) is 0 Å². The van der Waals surface area contributed by atoms with Crippen molar-refractivity contribution in [1.29, 1.82) is 0 Å². The average Bonchev–Trinajstić information content (AvgIpc) is 2.29. The third kappa shape index (κ3) is 4.39. The van der Waals surface area contributed by atoms with Crippen LogP contribution in [0.3, 0.4) is 0 Å². The molecule has 96 valence electrons. The summed E-state index contributed by atoms with van der Waals surface area (Å²) >= 11 is 0. The van der Waals surface area contributed by atoms with Crippen molar-refractivity contribution in [1.82, 2.24) is 5.32 Å². The minimum Gasteiger partial charge on any atom is -0.370 e. The molecule has 0 saturated heterocycles. The summed E-state index contributed by atoms with van der Waals surface area (Å²) in [4.78, 5) is 2.38. The Morgan fingerprint density at radius 1 is 1.29 bits per heavy atom. The van der Waals surface area contributed by atoms with Crippen LogP contribution in [0.1, 0.15) is 32.8 Å². The first-order valence-corrected chi connectivity index (χ1v) is 6.57. The minimum atomic E-state index is 0.551. The van der Waals surface area contributed by atoms with E-state index in [0.29, 0.717) is 12.1 Å². The zero-order valence-electron chi connectivity index (χ0n) is 11.8. The summed E-state index contributed by atoms with van der Waals surface area (Å²) < 4.78 is 0. The van der Waals surface area contributed by atoms with Crippen molar-refractivity contribution in [2.24, 2.45) is 0 Å². The van der Waals surface area contributed by atoms with E-state index in [2.05, 4.69) is 69.2 Å². The lowest BCUT2D eigenvalue weighted by Crippen LogP contribution is -2.41. The van der Waals surface area contributed by atoms with Gasteiger partial charge in [0.05, 0.1) is 0 Å². The van der Waals surface area contributed by atoms with Crippen LogP contribution in [-0.4, -0.2) is 25.7 Å². The van der Waals surface area contributed by atoms with Crippen LogP contribution in [0.25, 0.3) is 0 Å². The summed E-state index contributed by atoms with van der Waals surface area (Å²) in [6, 6.07) is 9.81. The van der Waals surface area contributed by atoms with Crippen LogP contribution in [-0.2, 0) is 0 Å². The fourth-order valence-electron chi connectivity index (χ4n) is 1.99. The summed E-state index contributed by atoms with van der Waals surface area (Å²) in [5, 5.41) is 3.52. The Hall–Kier alpha value is -1.02. The van der Waals surface area contributed by atoms with Crippen molar-refractivity contribution in [2.75, 3.05) is 18.5 Å². The standard InChI is InChI=1S/C15H26N2/c1-6-14(11-16-12(2)3)17(5)15-9-7-8-13(4)10-15/h7-10,12,14,16H,6,11H2,1-5H3. The van der Waals surface area contributed by atoms with Crippen molar-refractivity contribution in [2.45, 2.75) is 46.2 Å². The number of rotatable bonds is 6. The van der Waals surface area contributed by atoms with Gasteiger partial charge >= 0.3 is 0 Å². The lowest BCUT2D eigenvalue weighted by Gasteiger charge is -2.30. The van der Waals surface area contributed by atoms with Crippen LogP contribution >= 0.6 is 0 Å². The summed E-state index contributed by atoms with van der Waals surface area (Å²) in [6.45, 7) is 9.82. The van der Waals surface area contributed by atoms with Gasteiger partial charge in [0.15, 0.2) is 0 Å². The molecule has 1 aromatic rings. The second kappa shape index (κ2) is 6.65. The molecule has 0 saturated carbocycles. The van der Waals surface area contributed by atoms with E-state index in [-0.39, 0.29) is 0 Å². The van der Waals surface area contributed by atoms with E-state index in [1.54, 1.807) is 0 Å². The largest absolute Gasteiger partial charge is 0.370 e. The number of nitrogens with zero attached hydrogens (tertiary/aromatic N) is 1. The van der Waals surface area contributed by atoms with Crippen molar-refractivity contribution in [3.8, 4) is 0 Å². The van der Waals surface area contributed by atoms with Gasteiger partial charge in [-0.15, -0.1) is 0 Å². The highest BCUT2D eigenvalue weighted by atomic mass is 15.2. The van der Waals surface area contributed by atoms with Crippen molar-refractivity contribution in [3.05, 3.63) is 29.8 Å². The van der Waals surface area contributed by atoms with E-state index in [1.165, 1.54) is 11.3 Å². The van der Waals surface area contributed by atoms with Crippen molar-refractivity contribution >= 4 is 5.69 Å². The molecular weight excluding hydrogens is 208 g/mol. The van der Waals surface area contributed by atoms with Crippen LogP contribution < -0.4 is 10.2 Å². The number of hydrogen-bond donors (Lipinski definition) is 1. The molecule has 2 heteroatoms. The Labute approximate surface area is 106 Å². The Bertz CT molecular complexity index is 333. The zero-order chi connectivity index (χ0) is 12.8. The molecule has 0 radical (unpaired) electrons. The lowest BCUT2D eigenvalue weighted by atomic mass is 10.1. The van der Waals surface area contributed by atoms with Gasteiger partial charge < -0.3 is 10.2 Å². The highest BCUT2D eigenvalue weighted by Gasteiger charge is 2.13. The number of benzene rings is 1. The van der Waals surface area contributed by atoms with Gasteiger partial charge in [0.1, 0.15) is 0 Å². The molecule has 17 heavy (non-hydrogen) atoms. The number of nitrogens with one attached hydrogen (secondary N) is 1. The molecule has 0 aliphatic rings. The zero-order valence-corrected chi connectivity index (χ0v) is 11.8. The van der Waals surface area contributed by atoms with E-state index in [9.17, 15) is 0 Å². The van der Waals surface area contributed by atoms with Gasteiger partial charge in [-0.25, -0.2) is 0 Å². The van der Waals surface area contributed by atoms with Crippen LogP contribution in [0.15, 0.2) is 24.3 Å². The molecule has 0 aliphatic heterocycles. The van der Waals surface area contributed by atoms with Crippen molar-refractivity contribution in [3.63, 3.8) is 0 Å². The van der Waals surface area contributed by atoms with Gasteiger partial charge in [0, 0.05) is 31.4 Å². The molecule has 0 amide bonds. The van der Waals surface area contributed by atoms with Crippen LogP contribution in [0.5, 0.6) is 0 Å². The molecule has 0 heterocycles. The molecule has 1 aromatic carbocycles. The van der Waals surface area contributed by atoms with Gasteiger partial charge in [-0.3, -0.25) is 0 Å². The monoisotopic (exact) mass is 234 g/mol. The lowest BCUT2D eigenvalue weighted by molar-refractivity contribution is 0.502. The quantitative estimate of drug-likeness (QED) is 0.813. The first-order valence-electron chi connectivity index (χ1n) is 6.57. The van der Waals surface area contributed by atoms with Gasteiger partial charge in [0.25, 0.3) is 0 Å². The van der Waals surface area contributed by atoms with Crippen LogP contribution in [0, 0.1) is 6.92 Å². The first kappa shape index (κ1) is 14.0. The van der Waals surface area contributed by atoms with Crippen LogP contribution in [0.2, 0.25) is 0 Å².